The minimum Gasteiger partial charge on any atom is -0.383 e. The minimum atomic E-state index is -1.30. The highest BCUT2D eigenvalue weighted by Crippen LogP contribution is 2.34. The van der Waals surface area contributed by atoms with Crippen LogP contribution in [-0.4, -0.2) is 131 Å². The van der Waals surface area contributed by atoms with Gasteiger partial charge in [-0.05, 0) is 127 Å². The summed E-state index contributed by atoms with van der Waals surface area (Å²) in [6.07, 6.45) is 6.41. The van der Waals surface area contributed by atoms with Gasteiger partial charge in [0.05, 0.1) is 21.7 Å². The van der Waals surface area contributed by atoms with Gasteiger partial charge in [-0.2, -0.15) is 0 Å². The fourth-order valence-electron chi connectivity index (χ4n) is 10.4. The van der Waals surface area contributed by atoms with Gasteiger partial charge in [-0.1, -0.05) is 27.0 Å². The molecule has 6 aromatic rings. The van der Waals surface area contributed by atoms with Crippen molar-refractivity contribution < 1.29 is 41.9 Å². The number of rotatable bonds is 17. The molecule has 0 aromatic carbocycles. The van der Waals surface area contributed by atoms with E-state index in [0.717, 1.165) is 30.1 Å². The highest BCUT2D eigenvalue weighted by atomic mass is 32.1. The zero-order valence-electron chi connectivity index (χ0n) is 48.2. The SMILES string of the molecule is C=C(F)c1ccc(N2CCN[C@@H](CC(C)(C)F)C2)nc1C(=O)c1cccnc1N.C=C(F)c1ccc(N2CCN[C@H](CC(C)(C)F)C2)nc1C(=O)c1cccnc1N.Cc1sc(N2CCN[C@@H](CC(C)C)C2)cc1C(=O)c1cccnc1N.[HH].[HH].[HH].[HH].[HH].[HH].[HH]. The van der Waals surface area contributed by atoms with E-state index in [9.17, 15) is 31.9 Å². The second-order valence-electron chi connectivity index (χ2n) is 22.6. The summed E-state index contributed by atoms with van der Waals surface area (Å²) in [4.78, 5) is 66.9. The molecule has 456 valence electrons. The standard InChI is InChI=1S/2C21H25F2N5O.C19H26N4OS.7H2/c2*1-13(22)15-6-7-17(28-10-9-25-14(12-28)11-21(2,3)23)27-18(15)19(29)16-5-4-8-26-20(16)24;1-12(2)9-14-11-23(8-7-21-14)17-10-16(13(3)25-17)18(24)15-5-4-6-22-19(15)20;;;;;;;/h2*4-8,14,25H,1,9-12H2,2-3H3,(H2,24,26);4-6,10,12,14,21H,7-9,11H2,1-3H3,(H2,20,22);7*1H/t3*14-;;;;;;;/m100......./s1. The number of carbonyl (C=O) groups excluding carboxylic acids is 3. The number of ketones is 3. The number of carbonyl (C=O) groups is 3. The summed E-state index contributed by atoms with van der Waals surface area (Å²) in [6, 6.07) is 18.4. The third-order valence-corrected chi connectivity index (χ3v) is 15.2. The molecule has 17 nitrogen and oxygen atoms in total. The Morgan fingerprint density at radius 1 is 0.614 bits per heavy atom. The van der Waals surface area contributed by atoms with E-state index >= 15 is 0 Å². The van der Waals surface area contributed by atoms with Crippen molar-refractivity contribution in [3.63, 3.8) is 0 Å². The quantitative estimate of drug-likeness (QED) is 0.0368. The maximum Gasteiger partial charge on any atom is 0.215 e. The van der Waals surface area contributed by atoms with Gasteiger partial charge in [0.1, 0.15) is 63.5 Å². The first-order valence-corrected chi connectivity index (χ1v) is 28.5. The smallest absolute Gasteiger partial charge is 0.215 e. The molecule has 9 N–H and O–H groups in total. The Hall–Kier alpha value is -7.66. The van der Waals surface area contributed by atoms with E-state index in [0.29, 0.717) is 87.1 Å². The van der Waals surface area contributed by atoms with Crippen molar-refractivity contribution in [2.75, 3.05) is 90.8 Å². The molecule has 83 heavy (non-hydrogen) atoms. The van der Waals surface area contributed by atoms with Gasteiger partial charge >= 0.3 is 0 Å². The Morgan fingerprint density at radius 2 is 1.00 bits per heavy atom. The lowest BCUT2D eigenvalue weighted by Gasteiger charge is -2.36. The van der Waals surface area contributed by atoms with Crippen LogP contribution in [0.3, 0.4) is 0 Å². The number of hydrogen-bond acceptors (Lipinski definition) is 18. The monoisotopic (exact) mass is 1170 g/mol. The summed E-state index contributed by atoms with van der Waals surface area (Å²) < 4.78 is 56.1. The summed E-state index contributed by atoms with van der Waals surface area (Å²) >= 11 is 1.69. The van der Waals surface area contributed by atoms with Gasteiger partial charge in [0.15, 0.2) is 5.78 Å². The van der Waals surface area contributed by atoms with Crippen LogP contribution in [0.4, 0.5) is 51.7 Å². The molecule has 3 atom stereocenters. The van der Waals surface area contributed by atoms with E-state index in [-0.39, 0.29) is 73.1 Å². The van der Waals surface area contributed by atoms with Crippen molar-refractivity contribution in [2.24, 2.45) is 5.92 Å². The number of thiophene rings is 1. The zero-order valence-corrected chi connectivity index (χ0v) is 49.1. The normalized spacial score (nSPS) is 17.4. The minimum absolute atomic E-state index is 0. The van der Waals surface area contributed by atoms with Gasteiger partial charge in [0, 0.05) is 127 Å². The molecule has 3 aliphatic rings. The lowest BCUT2D eigenvalue weighted by atomic mass is 9.99. The molecule has 6 aromatic heterocycles. The summed E-state index contributed by atoms with van der Waals surface area (Å²) in [5.74, 6) is -0.510. The number of hydrogen-bond donors (Lipinski definition) is 6. The Bertz CT molecular complexity index is 3170. The third-order valence-electron chi connectivity index (χ3n) is 14.1. The van der Waals surface area contributed by atoms with Crippen LogP contribution < -0.4 is 47.9 Å². The van der Waals surface area contributed by atoms with Gasteiger partial charge < -0.3 is 47.9 Å². The fraction of sp³-hybridized carbons (Fsp3) is 0.410. The molecule has 0 unspecified atom stereocenters. The van der Waals surface area contributed by atoms with Crippen molar-refractivity contribution in [3.05, 3.63) is 148 Å². The molecule has 0 spiro atoms. The van der Waals surface area contributed by atoms with Crippen molar-refractivity contribution in [3.8, 4) is 0 Å². The number of halogens is 4. The number of nitrogens with two attached hydrogens (primary N) is 3. The van der Waals surface area contributed by atoms with Crippen LogP contribution >= 0.6 is 11.3 Å². The molecule has 9 heterocycles. The van der Waals surface area contributed by atoms with Crippen molar-refractivity contribution in [1.82, 2.24) is 40.9 Å². The first kappa shape index (κ1) is 62.9. The molecule has 22 heteroatoms. The average Bonchev–Trinajstić information content (AvgIpc) is 1.24. The van der Waals surface area contributed by atoms with Crippen molar-refractivity contribution >= 4 is 74.4 Å². The Labute approximate surface area is 497 Å². The molecule has 9 rings (SSSR count). The second kappa shape index (κ2) is 27.6. The summed E-state index contributed by atoms with van der Waals surface area (Å²) in [7, 11) is 0. The molecule has 0 radical (unpaired) electrons. The van der Waals surface area contributed by atoms with Crippen LogP contribution in [0.2, 0.25) is 0 Å². The van der Waals surface area contributed by atoms with Gasteiger partial charge in [-0.3, -0.25) is 14.4 Å². The third kappa shape index (κ3) is 17.0. The Kier molecular flexibility index (Phi) is 20.9. The molecule has 0 aliphatic carbocycles. The maximum atomic E-state index is 14.1. The Balaban J connectivity index is 0.00000127. The van der Waals surface area contributed by atoms with Crippen LogP contribution in [0.5, 0.6) is 0 Å². The number of aryl methyl sites for hydroxylation is 1. The van der Waals surface area contributed by atoms with E-state index in [1.165, 1.54) is 48.1 Å². The van der Waals surface area contributed by atoms with E-state index in [1.807, 2.05) is 22.8 Å². The van der Waals surface area contributed by atoms with Gasteiger partial charge in [-0.15, -0.1) is 11.3 Å². The largest absolute Gasteiger partial charge is 0.383 e. The zero-order chi connectivity index (χ0) is 60.3. The average molecular weight is 1180 g/mol. The van der Waals surface area contributed by atoms with Gasteiger partial charge in [-0.25, -0.2) is 42.5 Å². The summed E-state index contributed by atoms with van der Waals surface area (Å²) in [5.41, 5.74) is 16.3. The van der Waals surface area contributed by atoms with Crippen LogP contribution in [0.25, 0.3) is 11.7 Å². The van der Waals surface area contributed by atoms with E-state index in [2.05, 4.69) is 72.8 Å². The molecule has 0 saturated carbocycles. The van der Waals surface area contributed by atoms with Crippen LogP contribution in [0.1, 0.15) is 135 Å². The van der Waals surface area contributed by atoms with Crippen LogP contribution in [0, 0.1) is 12.8 Å². The van der Waals surface area contributed by atoms with E-state index in [1.54, 1.807) is 81.6 Å². The summed E-state index contributed by atoms with van der Waals surface area (Å²) in [5, 5.41) is 11.4. The van der Waals surface area contributed by atoms with Crippen molar-refractivity contribution in [1.29, 1.82) is 0 Å². The van der Waals surface area contributed by atoms with Crippen LogP contribution in [0.15, 0.2) is 98.5 Å². The Morgan fingerprint density at radius 3 is 1.39 bits per heavy atom. The number of nitrogen functional groups attached to an aromatic ring is 3. The fourth-order valence-corrected chi connectivity index (χ4v) is 11.4. The number of aromatic nitrogens is 5. The van der Waals surface area contributed by atoms with Crippen LogP contribution in [-0.2, 0) is 0 Å². The highest BCUT2D eigenvalue weighted by Gasteiger charge is 2.31. The number of nitrogens with zero attached hydrogens (tertiary/aromatic N) is 8. The van der Waals surface area contributed by atoms with Gasteiger partial charge in [0.2, 0.25) is 11.6 Å². The van der Waals surface area contributed by atoms with Crippen molar-refractivity contribution in [2.45, 2.75) is 97.2 Å². The number of alkyl halides is 2. The molecule has 0 amide bonds. The molecule has 3 fully saturated rings. The first-order valence-electron chi connectivity index (χ1n) is 27.7. The first-order chi connectivity index (χ1) is 39.3. The number of pyridine rings is 5. The highest BCUT2D eigenvalue weighted by molar-refractivity contribution is 7.16. The van der Waals surface area contributed by atoms with E-state index < -0.39 is 34.6 Å². The molecule has 0 bridgehead atoms. The lowest BCUT2D eigenvalue weighted by Crippen LogP contribution is -2.52. The lowest BCUT2D eigenvalue weighted by molar-refractivity contribution is 0.102. The molecular weight excluding hydrogens is 1080 g/mol. The molecular formula is C61H90F4N14O3S. The number of piperazine rings is 3. The maximum absolute atomic E-state index is 14.1. The van der Waals surface area contributed by atoms with E-state index in [4.69, 9.17) is 17.2 Å². The second-order valence-corrected chi connectivity index (χ2v) is 23.8. The number of anilines is 6. The topological polar surface area (TPSA) is 240 Å². The molecule has 3 aliphatic heterocycles. The predicted molar refractivity (Wildman–Crippen MR) is 340 cm³/mol. The summed E-state index contributed by atoms with van der Waals surface area (Å²) in [6.45, 7) is 25.9. The van der Waals surface area contributed by atoms with Gasteiger partial charge in [0.25, 0.3) is 0 Å². The predicted octanol–water partition coefficient (Wildman–Crippen LogP) is 11.1. The number of nitrogens with one attached hydrogen (secondary N) is 3. The molecule has 3 saturated heterocycles.